The molecule has 3 nitrogen and oxygen atoms in total. The molecule has 0 aliphatic heterocycles. The number of benzene rings is 1. The van der Waals surface area contributed by atoms with E-state index in [4.69, 9.17) is 0 Å². The highest BCUT2D eigenvalue weighted by molar-refractivity contribution is 5.89. The molecule has 0 heterocycles. The van der Waals surface area contributed by atoms with Crippen LogP contribution in [0.5, 0.6) is 0 Å². The first-order valence-corrected chi connectivity index (χ1v) is 8.08. The second kappa shape index (κ2) is 6.56. The molecular formula is C18H25F2NO2. The third-order valence-corrected chi connectivity index (χ3v) is 4.66. The predicted octanol–water partition coefficient (Wildman–Crippen LogP) is 3.30. The lowest BCUT2D eigenvalue weighted by atomic mass is 9.63. The van der Waals surface area contributed by atoms with Crippen molar-refractivity contribution >= 4 is 5.91 Å². The molecular weight excluding hydrogens is 300 g/mol. The van der Waals surface area contributed by atoms with Crippen LogP contribution >= 0.6 is 0 Å². The zero-order valence-corrected chi connectivity index (χ0v) is 14.0. The first-order chi connectivity index (χ1) is 10.7. The Morgan fingerprint density at radius 3 is 2.52 bits per heavy atom. The van der Waals surface area contributed by atoms with Gasteiger partial charge in [-0.15, -0.1) is 0 Å². The summed E-state index contributed by atoms with van der Waals surface area (Å²) in [6.45, 7) is 6.05. The number of aliphatic hydroxyl groups excluding tert-OH is 1. The Hall–Kier alpha value is -1.49. The van der Waals surface area contributed by atoms with E-state index in [2.05, 4.69) is 5.32 Å². The van der Waals surface area contributed by atoms with E-state index < -0.39 is 23.2 Å². The van der Waals surface area contributed by atoms with E-state index in [1.54, 1.807) is 6.92 Å². The molecule has 5 heteroatoms. The lowest BCUT2D eigenvalue weighted by Crippen LogP contribution is -2.51. The van der Waals surface area contributed by atoms with Crippen LogP contribution in [0, 0.1) is 17.0 Å². The van der Waals surface area contributed by atoms with Gasteiger partial charge in [0.15, 0.2) is 0 Å². The summed E-state index contributed by atoms with van der Waals surface area (Å²) in [6.07, 6.45) is 2.09. The quantitative estimate of drug-likeness (QED) is 0.843. The molecule has 23 heavy (non-hydrogen) atoms. The Morgan fingerprint density at radius 1 is 1.39 bits per heavy atom. The van der Waals surface area contributed by atoms with E-state index in [1.807, 2.05) is 13.8 Å². The first-order valence-electron chi connectivity index (χ1n) is 8.08. The molecule has 1 aromatic rings. The van der Waals surface area contributed by atoms with Gasteiger partial charge in [-0.05, 0) is 37.7 Å². The summed E-state index contributed by atoms with van der Waals surface area (Å²) in [6, 6.07) is 3.41. The van der Waals surface area contributed by atoms with Gasteiger partial charge in [-0.3, -0.25) is 4.79 Å². The molecule has 1 atom stereocenters. The van der Waals surface area contributed by atoms with Crippen molar-refractivity contribution in [1.82, 2.24) is 5.32 Å². The predicted molar refractivity (Wildman–Crippen MR) is 85.0 cm³/mol. The molecule has 2 rings (SSSR count). The first kappa shape index (κ1) is 17.9. The van der Waals surface area contributed by atoms with E-state index in [9.17, 15) is 18.7 Å². The zero-order valence-electron chi connectivity index (χ0n) is 14.0. The van der Waals surface area contributed by atoms with Gasteiger partial charge in [0.2, 0.25) is 5.91 Å². The molecule has 1 saturated carbocycles. The topological polar surface area (TPSA) is 49.3 Å². The second-order valence-corrected chi connectivity index (χ2v) is 7.46. The fourth-order valence-corrected chi connectivity index (χ4v) is 3.39. The monoisotopic (exact) mass is 325 g/mol. The van der Waals surface area contributed by atoms with Crippen molar-refractivity contribution in [3.63, 3.8) is 0 Å². The Bertz CT molecular complexity index is 580. The van der Waals surface area contributed by atoms with Crippen LogP contribution in [0.15, 0.2) is 18.2 Å². The van der Waals surface area contributed by atoms with Crippen molar-refractivity contribution in [2.24, 2.45) is 5.41 Å². The van der Waals surface area contributed by atoms with Crippen LogP contribution in [0.25, 0.3) is 0 Å². The minimum Gasteiger partial charge on any atom is -0.393 e. The normalized spacial score (nSPS) is 18.2. The van der Waals surface area contributed by atoms with Gasteiger partial charge in [0.05, 0.1) is 11.5 Å². The molecule has 0 bridgehead atoms. The van der Waals surface area contributed by atoms with Crippen LogP contribution in [0.3, 0.4) is 0 Å². The molecule has 1 aromatic carbocycles. The van der Waals surface area contributed by atoms with Crippen LogP contribution in [-0.2, 0) is 10.2 Å². The lowest BCUT2D eigenvalue weighted by molar-refractivity contribution is -0.130. The van der Waals surface area contributed by atoms with Crippen molar-refractivity contribution in [2.45, 2.75) is 58.0 Å². The number of rotatable bonds is 6. The van der Waals surface area contributed by atoms with Crippen LogP contribution in [0.4, 0.5) is 8.78 Å². The number of carbonyl (C=O) groups is 1. The maximum atomic E-state index is 14.1. The van der Waals surface area contributed by atoms with Crippen LogP contribution in [-0.4, -0.2) is 23.7 Å². The van der Waals surface area contributed by atoms with Gasteiger partial charge in [0.25, 0.3) is 0 Å². The Morgan fingerprint density at radius 2 is 2.04 bits per heavy atom. The van der Waals surface area contributed by atoms with Crippen molar-refractivity contribution in [3.05, 3.63) is 35.4 Å². The van der Waals surface area contributed by atoms with Gasteiger partial charge in [-0.1, -0.05) is 26.3 Å². The maximum absolute atomic E-state index is 14.1. The summed E-state index contributed by atoms with van der Waals surface area (Å²) in [7, 11) is 0. The Kier molecular flexibility index (Phi) is 5.09. The molecule has 1 aliphatic rings. The number of carbonyl (C=O) groups excluding carboxylic acids is 1. The van der Waals surface area contributed by atoms with Crippen molar-refractivity contribution in [1.29, 1.82) is 0 Å². The summed E-state index contributed by atoms with van der Waals surface area (Å²) in [4.78, 5) is 12.7. The second-order valence-electron chi connectivity index (χ2n) is 7.46. The SMILES string of the molecule is CC(O)CC(C)(C)CNC(=O)C1(c2ccc(F)cc2F)CCC1. The summed E-state index contributed by atoms with van der Waals surface area (Å²) < 4.78 is 27.2. The average molecular weight is 325 g/mol. The summed E-state index contributed by atoms with van der Waals surface area (Å²) >= 11 is 0. The van der Waals surface area contributed by atoms with E-state index in [0.717, 1.165) is 12.5 Å². The van der Waals surface area contributed by atoms with E-state index in [-0.39, 0.29) is 16.9 Å². The van der Waals surface area contributed by atoms with Gasteiger partial charge >= 0.3 is 0 Å². The molecule has 2 N–H and O–H groups in total. The van der Waals surface area contributed by atoms with Gasteiger partial charge in [-0.2, -0.15) is 0 Å². The molecule has 0 saturated heterocycles. The summed E-state index contributed by atoms with van der Waals surface area (Å²) in [5, 5.41) is 12.4. The smallest absolute Gasteiger partial charge is 0.230 e. The number of hydrogen-bond donors (Lipinski definition) is 2. The van der Waals surface area contributed by atoms with Crippen LogP contribution < -0.4 is 5.32 Å². The minimum atomic E-state index is -0.890. The molecule has 0 radical (unpaired) electrons. The fourth-order valence-electron chi connectivity index (χ4n) is 3.39. The average Bonchev–Trinajstić information content (AvgIpc) is 2.36. The standard InChI is InChI=1S/C18H25F2NO2/c1-12(22)10-17(2,3)11-21-16(23)18(7-4-8-18)14-6-5-13(19)9-15(14)20/h5-6,9,12,22H,4,7-8,10-11H2,1-3H3,(H,21,23). The van der Waals surface area contributed by atoms with Gasteiger partial charge in [0.1, 0.15) is 11.6 Å². The van der Waals surface area contributed by atoms with E-state index in [1.165, 1.54) is 12.1 Å². The Labute approximate surface area is 136 Å². The highest BCUT2D eigenvalue weighted by Crippen LogP contribution is 2.45. The van der Waals surface area contributed by atoms with Crippen LogP contribution in [0.2, 0.25) is 0 Å². The van der Waals surface area contributed by atoms with E-state index in [0.29, 0.717) is 25.8 Å². The Balaban J connectivity index is 2.12. The maximum Gasteiger partial charge on any atom is 0.230 e. The molecule has 128 valence electrons. The molecule has 1 unspecified atom stereocenters. The van der Waals surface area contributed by atoms with Crippen molar-refractivity contribution < 1.29 is 18.7 Å². The van der Waals surface area contributed by atoms with Gasteiger partial charge in [0, 0.05) is 18.2 Å². The van der Waals surface area contributed by atoms with Crippen molar-refractivity contribution in [2.75, 3.05) is 6.54 Å². The lowest BCUT2D eigenvalue weighted by Gasteiger charge is -2.41. The zero-order chi connectivity index (χ0) is 17.3. The largest absolute Gasteiger partial charge is 0.393 e. The third kappa shape index (κ3) is 3.89. The van der Waals surface area contributed by atoms with E-state index >= 15 is 0 Å². The molecule has 0 spiro atoms. The summed E-state index contributed by atoms with van der Waals surface area (Å²) in [5.41, 5.74) is -0.870. The molecule has 1 amide bonds. The van der Waals surface area contributed by atoms with Gasteiger partial charge in [-0.25, -0.2) is 8.78 Å². The number of nitrogens with one attached hydrogen (secondary N) is 1. The highest BCUT2D eigenvalue weighted by atomic mass is 19.1. The number of aliphatic hydroxyl groups is 1. The molecule has 0 aromatic heterocycles. The number of amides is 1. The fraction of sp³-hybridized carbons (Fsp3) is 0.611. The number of hydrogen-bond acceptors (Lipinski definition) is 2. The number of halogens is 2. The van der Waals surface area contributed by atoms with Gasteiger partial charge < -0.3 is 10.4 Å². The minimum absolute atomic E-state index is 0.215. The molecule has 1 aliphatic carbocycles. The summed E-state index contributed by atoms with van der Waals surface area (Å²) in [5.74, 6) is -1.52. The molecule has 1 fully saturated rings. The highest BCUT2D eigenvalue weighted by Gasteiger charge is 2.47. The van der Waals surface area contributed by atoms with Crippen molar-refractivity contribution in [3.8, 4) is 0 Å². The third-order valence-electron chi connectivity index (χ3n) is 4.66. The van der Waals surface area contributed by atoms with Crippen LogP contribution in [0.1, 0.15) is 52.0 Å².